The molecule has 11 heteroatoms. The van der Waals surface area contributed by atoms with E-state index in [1.165, 1.54) is 30.6 Å². The van der Waals surface area contributed by atoms with Crippen LogP contribution in [0.4, 0.5) is 15.6 Å². The van der Waals surface area contributed by atoms with Gasteiger partial charge in [0.25, 0.3) is 0 Å². The normalized spacial score (nSPS) is 14.5. The third kappa shape index (κ3) is 5.44. The third-order valence-corrected chi connectivity index (χ3v) is 7.27. The number of carbonyl (C=O) groups is 1. The molecule has 9 nitrogen and oxygen atoms in total. The van der Waals surface area contributed by atoms with Crippen LogP contribution in [0.25, 0.3) is 10.4 Å². The van der Waals surface area contributed by atoms with E-state index in [1.807, 2.05) is 13.0 Å². The molecule has 33 heavy (non-hydrogen) atoms. The Labute approximate surface area is 198 Å². The topological polar surface area (TPSA) is 113 Å². The zero-order valence-corrected chi connectivity index (χ0v) is 19.8. The van der Waals surface area contributed by atoms with E-state index < -0.39 is 11.0 Å². The maximum absolute atomic E-state index is 13.0. The lowest BCUT2D eigenvalue weighted by atomic mass is 10.1. The van der Waals surface area contributed by atoms with Crippen molar-refractivity contribution in [1.82, 2.24) is 9.88 Å². The Balaban J connectivity index is 1.56. The fraction of sp³-hybridized carbons (Fsp3) is 0.273. The van der Waals surface area contributed by atoms with Gasteiger partial charge in [0.2, 0.25) is 0 Å². The predicted molar refractivity (Wildman–Crippen MR) is 128 cm³/mol. The number of urea groups is 1. The number of phenolic OH excluding ortho intramolecular Hbond substituents is 1. The van der Waals surface area contributed by atoms with Crippen molar-refractivity contribution in [3.8, 4) is 21.9 Å². The monoisotopic (exact) mass is 488 g/mol. The number of amides is 2. The van der Waals surface area contributed by atoms with Crippen LogP contribution in [0.15, 0.2) is 47.4 Å². The molecule has 0 bridgehead atoms. The van der Waals surface area contributed by atoms with E-state index in [9.17, 15) is 14.1 Å². The van der Waals surface area contributed by atoms with Gasteiger partial charge >= 0.3 is 6.03 Å². The van der Waals surface area contributed by atoms with Crippen LogP contribution < -0.4 is 14.8 Å². The van der Waals surface area contributed by atoms with E-state index in [2.05, 4.69) is 15.0 Å². The van der Waals surface area contributed by atoms with Gasteiger partial charge in [0, 0.05) is 18.8 Å². The molecule has 174 valence electrons. The summed E-state index contributed by atoms with van der Waals surface area (Å²) in [5.41, 5.74) is 2.17. The number of anilines is 2. The zero-order valence-electron chi connectivity index (χ0n) is 18.2. The van der Waals surface area contributed by atoms with Gasteiger partial charge in [0.05, 0.1) is 30.9 Å². The Morgan fingerprint density at radius 2 is 1.94 bits per heavy atom. The molecule has 3 N–H and O–H groups in total. The molecule has 0 saturated carbocycles. The lowest BCUT2D eigenvalue weighted by molar-refractivity contribution is 0.0564. The van der Waals surface area contributed by atoms with Crippen LogP contribution in [0, 0.1) is 6.92 Å². The number of nitrogens with one attached hydrogen (secondary N) is 2. The molecule has 2 heterocycles. The molecule has 0 aliphatic carbocycles. The van der Waals surface area contributed by atoms with Gasteiger partial charge in [-0.05, 0) is 55.0 Å². The maximum Gasteiger partial charge on any atom is 0.323 e. The summed E-state index contributed by atoms with van der Waals surface area (Å²) < 4.78 is 26.7. The molecule has 4 rings (SSSR count). The molecule has 1 aliphatic heterocycles. The van der Waals surface area contributed by atoms with Crippen LogP contribution in [0.2, 0.25) is 0 Å². The average molecular weight is 489 g/mol. The number of methoxy groups -OCH3 is 1. The van der Waals surface area contributed by atoms with Crippen molar-refractivity contribution in [3.63, 3.8) is 0 Å². The fourth-order valence-corrected chi connectivity index (χ4v) is 5.29. The first-order valence-electron chi connectivity index (χ1n) is 10.2. The van der Waals surface area contributed by atoms with Crippen LogP contribution in [0.1, 0.15) is 5.69 Å². The second-order valence-electron chi connectivity index (χ2n) is 7.25. The van der Waals surface area contributed by atoms with Gasteiger partial charge in [-0.25, -0.2) is 14.0 Å². The lowest BCUT2D eigenvalue weighted by Gasteiger charge is -2.26. The molecule has 3 aromatic rings. The molecule has 1 unspecified atom stereocenters. The Bertz CT molecular complexity index is 1160. The Hall–Kier alpha value is -3.15. The average Bonchev–Trinajstić information content (AvgIpc) is 3.20. The molecule has 1 fully saturated rings. The van der Waals surface area contributed by atoms with E-state index >= 15 is 0 Å². The number of hydrogen-bond acceptors (Lipinski definition) is 7. The summed E-state index contributed by atoms with van der Waals surface area (Å²) >= 11 is 1.36. The minimum absolute atomic E-state index is 0.128. The van der Waals surface area contributed by atoms with Crippen LogP contribution in [0.5, 0.6) is 11.5 Å². The molecule has 1 aliphatic rings. The number of aromatic hydroxyl groups is 1. The standard InChI is InChI=1S/C22H24N4O5S2/c1-14-20(32-21(23-14)24-22(28)26-9-11-31-12-10-26)15-3-8-18(30-2)19(13-15)33(29)25-16-4-6-17(27)7-5-16/h3-8,13,25,27H,9-12H2,1-2H3,(H,23,24,28). The first kappa shape index (κ1) is 23.0. The number of morpholine rings is 1. The highest BCUT2D eigenvalue weighted by atomic mass is 32.2. The number of ether oxygens (including phenoxy) is 2. The summed E-state index contributed by atoms with van der Waals surface area (Å²) in [6, 6.07) is 11.5. The van der Waals surface area contributed by atoms with Crippen molar-refractivity contribution < 1.29 is 23.6 Å². The van der Waals surface area contributed by atoms with Crippen molar-refractivity contribution in [1.29, 1.82) is 0 Å². The van der Waals surface area contributed by atoms with Crippen molar-refractivity contribution >= 4 is 39.2 Å². The van der Waals surface area contributed by atoms with Crippen LogP contribution >= 0.6 is 11.3 Å². The van der Waals surface area contributed by atoms with Crippen LogP contribution in [-0.4, -0.2) is 58.6 Å². The number of hydrogen-bond donors (Lipinski definition) is 3. The van der Waals surface area contributed by atoms with E-state index in [-0.39, 0.29) is 11.8 Å². The van der Waals surface area contributed by atoms with Gasteiger partial charge in [-0.3, -0.25) is 5.32 Å². The molecule has 0 spiro atoms. The number of nitrogens with zero attached hydrogens (tertiary/aromatic N) is 2. The number of phenols is 1. The van der Waals surface area contributed by atoms with Crippen LogP contribution in [0.3, 0.4) is 0 Å². The second-order valence-corrected chi connectivity index (χ2v) is 9.43. The highest BCUT2D eigenvalue weighted by molar-refractivity contribution is 7.86. The zero-order chi connectivity index (χ0) is 23.4. The lowest BCUT2D eigenvalue weighted by Crippen LogP contribution is -2.43. The number of thiazole rings is 1. The maximum atomic E-state index is 13.0. The van der Waals surface area contributed by atoms with Gasteiger partial charge in [-0.15, -0.1) is 0 Å². The predicted octanol–water partition coefficient (Wildman–Crippen LogP) is 3.83. The largest absolute Gasteiger partial charge is 0.508 e. The summed E-state index contributed by atoms with van der Waals surface area (Å²) in [6.45, 7) is 4.01. The van der Waals surface area contributed by atoms with Gasteiger partial charge < -0.3 is 24.2 Å². The fourth-order valence-electron chi connectivity index (χ4n) is 3.31. The summed E-state index contributed by atoms with van der Waals surface area (Å²) in [5.74, 6) is 0.606. The van der Waals surface area contributed by atoms with Crippen molar-refractivity contribution in [3.05, 3.63) is 48.2 Å². The van der Waals surface area contributed by atoms with Crippen molar-refractivity contribution in [2.75, 3.05) is 43.5 Å². The molecule has 1 atom stereocenters. The van der Waals surface area contributed by atoms with Crippen LogP contribution in [-0.2, 0) is 15.7 Å². The molecule has 1 aromatic heterocycles. The summed E-state index contributed by atoms with van der Waals surface area (Å²) in [4.78, 5) is 20.0. The van der Waals surface area contributed by atoms with Crippen molar-refractivity contribution in [2.24, 2.45) is 0 Å². The smallest absolute Gasteiger partial charge is 0.323 e. The molecule has 2 aromatic carbocycles. The Morgan fingerprint density at radius 1 is 1.21 bits per heavy atom. The van der Waals surface area contributed by atoms with Gasteiger partial charge in [0.15, 0.2) is 16.1 Å². The molecular weight excluding hydrogens is 464 g/mol. The minimum atomic E-state index is -1.61. The SMILES string of the molecule is COc1ccc(-c2sc(NC(=O)N3CCOCC3)nc2C)cc1S(=O)Nc1ccc(O)cc1. The number of aromatic nitrogens is 1. The minimum Gasteiger partial charge on any atom is -0.508 e. The molecular formula is C22H24N4O5S2. The van der Waals surface area contributed by atoms with Crippen molar-refractivity contribution in [2.45, 2.75) is 11.8 Å². The number of aryl methyl sites for hydroxylation is 1. The molecule has 1 saturated heterocycles. The Kier molecular flexibility index (Phi) is 7.11. The van der Waals surface area contributed by atoms with E-state index in [0.717, 1.165) is 16.1 Å². The first-order chi connectivity index (χ1) is 15.9. The van der Waals surface area contributed by atoms with Gasteiger partial charge in [-0.2, -0.15) is 0 Å². The van der Waals surface area contributed by atoms with Gasteiger partial charge in [0.1, 0.15) is 16.4 Å². The van der Waals surface area contributed by atoms with E-state index in [1.54, 1.807) is 29.2 Å². The third-order valence-electron chi connectivity index (χ3n) is 5.01. The summed E-state index contributed by atoms with van der Waals surface area (Å²) in [6.07, 6.45) is 0. The number of carbonyl (C=O) groups excluding carboxylic acids is 1. The molecule has 0 radical (unpaired) electrons. The first-order valence-corrected chi connectivity index (χ1v) is 12.2. The molecule has 2 amide bonds. The number of benzene rings is 2. The second kappa shape index (κ2) is 10.2. The summed E-state index contributed by atoms with van der Waals surface area (Å²) in [5, 5.41) is 12.8. The quantitative estimate of drug-likeness (QED) is 0.455. The van der Waals surface area contributed by atoms with E-state index in [4.69, 9.17) is 9.47 Å². The summed E-state index contributed by atoms with van der Waals surface area (Å²) in [7, 11) is -0.0882. The number of rotatable bonds is 6. The van der Waals surface area contributed by atoms with Gasteiger partial charge in [-0.1, -0.05) is 11.3 Å². The van der Waals surface area contributed by atoms with E-state index in [0.29, 0.717) is 47.8 Å². The highest BCUT2D eigenvalue weighted by Gasteiger charge is 2.20. The Morgan fingerprint density at radius 3 is 2.64 bits per heavy atom. The highest BCUT2D eigenvalue weighted by Crippen LogP contribution is 2.36.